The Labute approximate surface area is 162 Å². The van der Waals surface area contributed by atoms with Crippen LogP contribution in [0.1, 0.15) is 35.0 Å². The SMILES string of the molecule is CC(CCc1ccco1)NC(=O)c1cccnc1SCc1ccc(F)cc1. The lowest BCUT2D eigenvalue weighted by molar-refractivity contribution is 0.0934. The topological polar surface area (TPSA) is 55.1 Å². The highest BCUT2D eigenvalue weighted by Crippen LogP contribution is 2.24. The lowest BCUT2D eigenvalue weighted by Gasteiger charge is -2.14. The lowest BCUT2D eigenvalue weighted by Crippen LogP contribution is -2.33. The van der Waals surface area contributed by atoms with E-state index in [1.807, 2.05) is 19.1 Å². The minimum atomic E-state index is -0.259. The molecular weight excluding hydrogens is 363 g/mol. The van der Waals surface area contributed by atoms with Gasteiger partial charge in [0, 0.05) is 24.4 Å². The van der Waals surface area contributed by atoms with Crippen molar-refractivity contribution in [2.24, 2.45) is 0 Å². The largest absolute Gasteiger partial charge is 0.469 e. The number of nitrogens with zero attached hydrogens (tertiary/aromatic N) is 1. The third-order valence-electron chi connectivity index (χ3n) is 4.09. The Morgan fingerprint density at radius 1 is 1.22 bits per heavy atom. The average Bonchev–Trinajstić information content (AvgIpc) is 3.20. The van der Waals surface area contributed by atoms with Gasteiger partial charge in [-0.1, -0.05) is 12.1 Å². The summed E-state index contributed by atoms with van der Waals surface area (Å²) in [6.07, 6.45) is 4.88. The number of hydrogen-bond donors (Lipinski definition) is 1. The van der Waals surface area contributed by atoms with E-state index in [1.165, 1.54) is 23.9 Å². The molecule has 0 spiro atoms. The summed E-state index contributed by atoms with van der Waals surface area (Å²) in [6.45, 7) is 1.97. The summed E-state index contributed by atoms with van der Waals surface area (Å²) in [4.78, 5) is 17.0. The van der Waals surface area contributed by atoms with Crippen molar-refractivity contribution < 1.29 is 13.6 Å². The number of aryl methyl sites for hydroxylation is 1. The number of carbonyl (C=O) groups is 1. The molecule has 0 saturated heterocycles. The molecule has 27 heavy (non-hydrogen) atoms. The van der Waals surface area contributed by atoms with Crippen molar-refractivity contribution >= 4 is 17.7 Å². The first-order valence-electron chi connectivity index (χ1n) is 8.77. The molecule has 2 heterocycles. The van der Waals surface area contributed by atoms with E-state index in [0.29, 0.717) is 16.3 Å². The number of thioether (sulfide) groups is 1. The maximum absolute atomic E-state index is 13.0. The molecule has 0 fully saturated rings. The van der Waals surface area contributed by atoms with Crippen molar-refractivity contribution in [3.8, 4) is 0 Å². The molecule has 1 unspecified atom stereocenters. The zero-order valence-corrected chi connectivity index (χ0v) is 15.8. The molecule has 0 aliphatic heterocycles. The molecular formula is C21H21FN2O2S. The number of rotatable bonds is 8. The molecule has 140 valence electrons. The second kappa shape index (κ2) is 9.37. The molecule has 4 nitrogen and oxygen atoms in total. The van der Waals surface area contributed by atoms with Crippen molar-refractivity contribution in [2.45, 2.75) is 36.6 Å². The number of amides is 1. The van der Waals surface area contributed by atoms with Gasteiger partial charge in [-0.05, 0) is 55.3 Å². The van der Waals surface area contributed by atoms with Gasteiger partial charge >= 0.3 is 0 Å². The van der Waals surface area contributed by atoms with Gasteiger partial charge in [-0.2, -0.15) is 0 Å². The summed E-state index contributed by atoms with van der Waals surface area (Å²) in [6, 6.07) is 13.7. The van der Waals surface area contributed by atoms with Crippen LogP contribution in [0.4, 0.5) is 4.39 Å². The molecule has 0 bridgehead atoms. The van der Waals surface area contributed by atoms with E-state index in [0.717, 1.165) is 24.2 Å². The number of aromatic nitrogens is 1. The molecule has 0 aliphatic rings. The molecule has 1 amide bonds. The lowest BCUT2D eigenvalue weighted by atomic mass is 10.1. The second-order valence-corrected chi connectivity index (χ2v) is 7.23. The number of benzene rings is 1. The molecule has 0 radical (unpaired) electrons. The molecule has 3 rings (SSSR count). The highest BCUT2D eigenvalue weighted by Gasteiger charge is 2.15. The Kier molecular flexibility index (Phi) is 6.65. The van der Waals surface area contributed by atoms with Crippen LogP contribution in [0.25, 0.3) is 0 Å². The van der Waals surface area contributed by atoms with Gasteiger partial charge in [0.15, 0.2) is 0 Å². The summed E-state index contributed by atoms with van der Waals surface area (Å²) >= 11 is 1.46. The van der Waals surface area contributed by atoms with Gasteiger partial charge in [0.25, 0.3) is 5.91 Å². The standard InChI is InChI=1S/C21H21FN2O2S/c1-15(6-11-18-4-3-13-26-18)24-20(25)19-5-2-12-23-21(19)27-14-16-7-9-17(22)10-8-16/h2-5,7-10,12-13,15H,6,11,14H2,1H3,(H,24,25). The van der Waals surface area contributed by atoms with Crippen LogP contribution in [0.3, 0.4) is 0 Å². The Hall–Kier alpha value is -2.60. The fourth-order valence-corrected chi connectivity index (χ4v) is 3.55. The van der Waals surface area contributed by atoms with Gasteiger partial charge in [-0.25, -0.2) is 9.37 Å². The normalized spacial score (nSPS) is 11.9. The Balaban J connectivity index is 1.58. The van der Waals surface area contributed by atoms with E-state index in [9.17, 15) is 9.18 Å². The molecule has 6 heteroatoms. The van der Waals surface area contributed by atoms with Crippen molar-refractivity contribution in [3.05, 3.63) is 83.7 Å². The fourth-order valence-electron chi connectivity index (χ4n) is 2.60. The predicted octanol–water partition coefficient (Wildman–Crippen LogP) is 4.86. The first-order valence-corrected chi connectivity index (χ1v) is 9.76. The Morgan fingerprint density at radius 2 is 2.04 bits per heavy atom. The minimum Gasteiger partial charge on any atom is -0.469 e. The molecule has 3 aromatic rings. The molecule has 1 N–H and O–H groups in total. The van der Waals surface area contributed by atoms with Gasteiger partial charge < -0.3 is 9.73 Å². The zero-order chi connectivity index (χ0) is 19.1. The average molecular weight is 384 g/mol. The van der Waals surface area contributed by atoms with Crippen LogP contribution in [-0.4, -0.2) is 16.9 Å². The molecule has 0 saturated carbocycles. The van der Waals surface area contributed by atoms with E-state index in [2.05, 4.69) is 10.3 Å². The van der Waals surface area contributed by atoms with Crippen molar-refractivity contribution in [2.75, 3.05) is 0 Å². The van der Waals surface area contributed by atoms with Crippen molar-refractivity contribution in [1.29, 1.82) is 0 Å². The van der Waals surface area contributed by atoms with Gasteiger partial charge in [0.2, 0.25) is 0 Å². The quantitative estimate of drug-likeness (QED) is 0.564. The maximum atomic E-state index is 13.0. The Morgan fingerprint density at radius 3 is 2.78 bits per heavy atom. The summed E-state index contributed by atoms with van der Waals surface area (Å²) < 4.78 is 18.3. The van der Waals surface area contributed by atoms with Crippen LogP contribution in [0.2, 0.25) is 0 Å². The van der Waals surface area contributed by atoms with E-state index in [4.69, 9.17) is 4.42 Å². The van der Waals surface area contributed by atoms with Crippen LogP contribution >= 0.6 is 11.8 Å². The summed E-state index contributed by atoms with van der Waals surface area (Å²) in [5.41, 5.74) is 1.53. The predicted molar refractivity (Wildman–Crippen MR) is 104 cm³/mol. The monoisotopic (exact) mass is 384 g/mol. The summed E-state index contributed by atoms with van der Waals surface area (Å²) in [5.74, 6) is 1.13. The van der Waals surface area contributed by atoms with E-state index in [-0.39, 0.29) is 17.8 Å². The second-order valence-electron chi connectivity index (χ2n) is 6.26. The van der Waals surface area contributed by atoms with Crippen LogP contribution in [0.15, 0.2) is 70.4 Å². The van der Waals surface area contributed by atoms with E-state index in [1.54, 1.807) is 36.7 Å². The van der Waals surface area contributed by atoms with Crippen LogP contribution in [-0.2, 0) is 12.2 Å². The van der Waals surface area contributed by atoms with E-state index < -0.39 is 0 Å². The maximum Gasteiger partial charge on any atom is 0.254 e. The van der Waals surface area contributed by atoms with Crippen LogP contribution < -0.4 is 5.32 Å². The third kappa shape index (κ3) is 5.69. The highest BCUT2D eigenvalue weighted by molar-refractivity contribution is 7.98. The highest BCUT2D eigenvalue weighted by atomic mass is 32.2. The number of pyridine rings is 1. The van der Waals surface area contributed by atoms with Gasteiger partial charge in [0.05, 0.1) is 11.8 Å². The number of hydrogen-bond acceptors (Lipinski definition) is 4. The number of nitrogens with one attached hydrogen (secondary N) is 1. The van der Waals surface area contributed by atoms with Gasteiger partial charge in [-0.15, -0.1) is 11.8 Å². The summed E-state index contributed by atoms with van der Waals surface area (Å²) in [7, 11) is 0. The zero-order valence-electron chi connectivity index (χ0n) is 15.0. The molecule has 1 atom stereocenters. The van der Waals surface area contributed by atoms with Crippen LogP contribution in [0.5, 0.6) is 0 Å². The fraction of sp³-hybridized carbons (Fsp3) is 0.238. The third-order valence-corrected chi connectivity index (χ3v) is 5.16. The van der Waals surface area contributed by atoms with Gasteiger partial charge in [0.1, 0.15) is 16.6 Å². The summed E-state index contributed by atoms with van der Waals surface area (Å²) in [5, 5.41) is 3.69. The minimum absolute atomic E-state index is 0.0118. The Bertz CT molecular complexity index is 866. The van der Waals surface area contributed by atoms with E-state index >= 15 is 0 Å². The van der Waals surface area contributed by atoms with Gasteiger partial charge in [-0.3, -0.25) is 4.79 Å². The van der Waals surface area contributed by atoms with Crippen molar-refractivity contribution in [1.82, 2.24) is 10.3 Å². The first-order chi connectivity index (χ1) is 13.1. The van der Waals surface area contributed by atoms with Crippen LogP contribution in [0, 0.1) is 5.82 Å². The number of carbonyl (C=O) groups excluding carboxylic acids is 1. The molecule has 2 aromatic heterocycles. The number of furan rings is 1. The molecule has 1 aromatic carbocycles. The smallest absolute Gasteiger partial charge is 0.254 e. The molecule has 0 aliphatic carbocycles. The number of halogens is 1. The first kappa shape index (κ1) is 19.2. The van der Waals surface area contributed by atoms with Crippen molar-refractivity contribution in [3.63, 3.8) is 0 Å².